The molecule has 0 heterocycles. The number of ether oxygens (including phenoxy) is 2. The summed E-state index contributed by atoms with van der Waals surface area (Å²) in [4.78, 5) is 0. The summed E-state index contributed by atoms with van der Waals surface area (Å²) in [5.74, 6) is 0. The van der Waals surface area contributed by atoms with Gasteiger partial charge in [-0.2, -0.15) is 13.2 Å². The SMILES string of the molecule is COC[C@@H](C)OCC(F)(F)F. The minimum Gasteiger partial charge on any atom is -0.382 e. The normalized spacial score (nSPS) is 15.0. The molecule has 0 saturated heterocycles. The Bertz CT molecular complexity index is 102. The van der Waals surface area contributed by atoms with Crippen LogP contribution in [0.25, 0.3) is 0 Å². The predicted octanol–water partition coefficient (Wildman–Crippen LogP) is 1.60. The van der Waals surface area contributed by atoms with E-state index in [-0.39, 0.29) is 6.61 Å². The molecule has 5 heteroatoms. The highest BCUT2D eigenvalue weighted by atomic mass is 19.4. The van der Waals surface area contributed by atoms with Crippen LogP contribution >= 0.6 is 0 Å². The average molecular weight is 172 g/mol. The highest BCUT2D eigenvalue weighted by molar-refractivity contribution is 4.51. The zero-order valence-corrected chi connectivity index (χ0v) is 6.44. The molecule has 0 aromatic rings. The summed E-state index contributed by atoms with van der Waals surface area (Å²) in [7, 11) is 1.41. The van der Waals surface area contributed by atoms with E-state index in [0.717, 1.165) is 0 Å². The third kappa shape index (κ3) is 7.61. The predicted molar refractivity (Wildman–Crippen MR) is 33.3 cm³/mol. The van der Waals surface area contributed by atoms with E-state index in [9.17, 15) is 13.2 Å². The molecule has 0 unspecified atom stereocenters. The lowest BCUT2D eigenvalue weighted by Crippen LogP contribution is -2.24. The van der Waals surface area contributed by atoms with Crippen molar-refractivity contribution in [2.24, 2.45) is 0 Å². The molecule has 0 bridgehead atoms. The van der Waals surface area contributed by atoms with Gasteiger partial charge in [0.15, 0.2) is 0 Å². The highest BCUT2D eigenvalue weighted by Gasteiger charge is 2.28. The monoisotopic (exact) mass is 172 g/mol. The number of methoxy groups -OCH3 is 1. The fourth-order valence-corrected chi connectivity index (χ4v) is 0.520. The smallest absolute Gasteiger partial charge is 0.382 e. The molecule has 1 atom stereocenters. The number of hydrogen-bond donors (Lipinski definition) is 0. The Balaban J connectivity index is 3.38. The van der Waals surface area contributed by atoms with Crippen LogP contribution in [0, 0.1) is 0 Å². The van der Waals surface area contributed by atoms with Gasteiger partial charge in [0.1, 0.15) is 6.61 Å². The molecule has 0 fully saturated rings. The van der Waals surface area contributed by atoms with Gasteiger partial charge in [-0.15, -0.1) is 0 Å². The Kier molecular flexibility index (Phi) is 4.44. The molecule has 0 spiro atoms. The summed E-state index contributed by atoms with van der Waals surface area (Å²) < 4.78 is 43.4. The largest absolute Gasteiger partial charge is 0.411 e. The summed E-state index contributed by atoms with van der Waals surface area (Å²) >= 11 is 0. The van der Waals surface area contributed by atoms with Crippen LogP contribution in [-0.2, 0) is 9.47 Å². The molecule has 0 aliphatic rings. The van der Waals surface area contributed by atoms with Crippen molar-refractivity contribution in [2.45, 2.75) is 19.2 Å². The summed E-state index contributed by atoms with van der Waals surface area (Å²) in [6.45, 7) is 0.489. The molecule has 0 aliphatic carbocycles. The van der Waals surface area contributed by atoms with Crippen LogP contribution in [0.15, 0.2) is 0 Å². The van der Waals surface area contributed by atoms with E-state index in [4.69, 9.17) is 0 Å². The van der Waals surface area contributed by atoms with E-state index in [0.29, 0.717) is 0 Å². The van der Waals surface area contributed by atoms with E-state index >= 15 is 0 Å². The number of rotatable bonds is 4. The van der Waals surface area contributed by atoms with E-state index < -0.39 is 18.9 Å². The van der Waals surface area contributed by atoms with Crippen molar-refractivity contribution in [2.75, 3.05) is 20.3 Å². The molecule has 0 radical (unpaired) electrons. The van der Waals surface area contributed by atoms with Gasteiger partial charge in [0, 0.05) is 7.11 Å². The van der Waals surface area contributed by atoms with Crippen molar-refractivity contribution >= 4 is 0 Å². The van der Waals surface area contributed by atoms with Gasteiger partial charge in [0.2, 0.25) is 0 Å². The van der Waals surface area contributed by atoms with Crippen LogP contribution in [0.2, 0.25) is 0 Å². The van der Waals surface area contributed by atoms with Gasteiger partial charge in [0.25, 0.3) is 0 Å². The van der Waals surface area contributed by atoms with Crippen molar-refractivity contribution in [3.63, 3.8) is 0 Å². The quantitative estimate of drug-likeness (QED) is 0.641. The number of alkyl halides is 3. The van der Waals surface area contributed by atoms with Gasteiger partial charge < -0.3 is 9.47 Å². The van der Waals surface area contributed by atoms with Crippen molar-refractivity contribution in [1.82, 2.24) is 0 Å². The molecule has 68 valence electrons. The van der Waals surface area contributed by atoms with Crippen molar-refractivity contribution < 1.29 is 22.6 Å². The Morgan fingerprint density at radius 1 is 1.36 bits per heavy atom. The first-order valence-corrected chi connectivity index (χ1v) is 3.13. The fourth-order valence-electron chi connectivity index (χ4n) is 0.520. The van der Waals surface area contributed by atoms with Gasteiger partial charge in [-0.25, -0.2) is 0 Å². The number of hydrogen-bond acceptors (Lipinski definition) is 2. The van der Waals surface area contributed by atoms with Gasteiger partial charge in [-0.3, -0.25) is 0 Å². The zero-order valence-electron chi connectivity index (χ0n) is 6.44. The van der Waals surface area contributed by atoms with E-state index in [1.165, 1.54) is 14.0 Å². The first-order valence-electron chi connectivity index (χ1n) is 3.13. The Hall–Kier alpha value is -0.290. The summed E-state index contributed by atoms with van der Waals surface area (Å²) in [6.07, 6.45) is -4.76. The maximum absolute atomic E-state index is 11.5. The van der Waals surface area contributed by atoms with Gasteiger partial charge in [-0.1, -0.05) is 0 Å². The highest BCUT2D eigenvalue weighted by Crippen LogP contribution is 2.15. The molecule has 0 rings (SSSR count). The maximum Gasteiger partial charge on any atom is 0.411 e. The lowest BCUT2D eigenvalue weighted by molar-refractivity contribution is -0.187. The number of halogens is 3. The minimum atomic E-state index is -4.25. The molecule has 2 nitrogen and oxygen atoms in total. The van der Waals surface area contributed by atoms with Crippen LogP contribution in [0.1, 0.15) is 6.92 Å². The third-order valence-corrected chi connectivity index (χ3v) is 0.933. The average Bonchev–Trinajstić information content (AvgIpc) is 1.83. The van der Waals surface area contributed by atoms with Crippen LogP contribution in [0.3, 0.4) is 0 Å². The van der Waals surface area contributed by atoms with Crippen molar-refractivity contribution in [1.29, 1.82) is 0 Å². The zero-order chi connectivity index (χ0) is 8.91. The van der Waals surface area contributed by atoms with Gasteiger partial charge in [0.05, 0.1) is 12.7 Å². The van der Waals surface area contributed by atoms with E-state index in [1.54, 1.807) is 0 Å². The molecule has 0 amide bonds. The molecule has 0 aromatic heterocycles. The topological polar surface area (TPSA) is 18.5 Å². The Labute approximate surface area is 63.3 Å². The standard InChI is InChI=1S/C6H11F3O2/c1-5(3-10-2)11-4-6(7,8)9/h5H,3-4H2,1-2H3/t5-/m1/s1. The van der Waals surface area contributed by atoms with Gasteiger partial charge >= 0.3 is 6.18 Å². The van der Waals surface area contributed by atoms with Crippen molar-refractivity contribution in [3.8, 4) is 0 Å². The first kappa shape index (κ1) is 10.7. The summed E-state index contributed by atoms with van der Waals surface area (Å²) in [6, 6.07) is 0. The maximum atomic E-state index is 11.5. The third-order valence-electron chi connectivity index (χ3n) is 0.933. The fraction of sp³-hybridized carbons (Fsp3) is 1.00. The van der Waals surface area contributed by atoms with E-state index in [1.807, 2.05) is 0 Å². The summed E-state index contributed by atoms with van der Waals surface area (Å²) in [5.41, 5.74) is 0. The Morgan fingerprint density at radius 2 is 1.91 bits per heavy atom. The van der Waals surface area contributed by atoms with Crippen LogP contribution in [-0.4, -0.2) is 32.6 Å². The summed E-state index contributed by atoms with van der Waals surface area (Å²) in [5, 5.41) is 0. The molecular weight excluding hydrogens is 161 g/mol. The van der Waals surface area contributed by atoms with Crippen molar-refractivity contribution in [3.05, 3.63) is 0 Å². The van der Waals surface area contributed by atoms with Crippen LogP contribution in [0.4, 0.5) is 13.2 Å². The Morgan fingerprint density at radius 3 is 2.27 bits per heavy atom. The van der Waals surface area contributed by atoms with Gasteiger partial charge in [-0.05, 0) is 6.92 Å². The lowest BCUT2D eigenvalue weighted by Gasteiger charge is -2.13. The molecule has 0 N–H and O–H groups in total. The van der Waals surface area contributed by atoms with Crippen LogP contribution in [0.5, 0.6) is 0 Å². The second-order valence-corrected chi connectivity index (χ2v) is 2.19. The molecule has 0 aliphatic heterocycles. The second kappa shape index (κ2) is 4.56. The molecule has 0 aromatic carbocycles. The molecular formula is C6H11F3O2. The molecule has 11 heavy (non-hydrogen) atoms. The minimum absolute atomic E-state index is 0.177. The van der Waals surface area contributed by atoms with E-state index in [2.05, 4.69) is 9.47 Å². The lowest BCUT2D eigenvalue weighted by atomic mass is 10.4. The second-order valence-electron chi connectivity index (χ2n) is 2.19. The molecule has 0 saturated carbocycles. The first-order chi connectivity index (χ1) is 4.95. The van der Waals surface area contributed by atoms with Crippen LogP contribution < -0.4 is 0 Å².